The van der Waals surface area contributed by atoms with Crippen molar-refractivity contribution in [1.29, 1.82) is 0 Å². The second-order valence-electron chi connectivity index (χ2n) is 5.70. The Morgan fingerprint density at radius 2 is 2.10 bits per heavy atom. The highest BCUT2D eigenvalue weighted by Crippen LogP contribution is 2.17. The van der Waals surface area contributed by atoms with Gasteiger partial charge in [0, 0.05) is 17.4 Å². The van der Waals surface area contributed by atoms with Gasteiger partial charge >= 0.3 is 0 Å². The number of nitrogen functional groups attached to an aromatic ring is 1. The van der Waals surface area contributed by atoms with Crippen LogP contribution in [0.25, 0.3) is 0 Å². The molecule has 0 saturated heterocycles. The lowest BCUT2D eigenvalue weighted by Crippen LogP contribution is -2.39. The average molecular weight is 291 g/mol. The Kier molecular flexibility index (Phi) is 7.23. The minimum Gasteiger partial charge on any atom is -0.398 e. The van der Waals surface area contributed by atoms with Crippen molar-refractivity contribution in [2.24, 2.45) is 0 Å². The maximum atomic E-state index is 12.2. The fraction of sp³-hybridized carbons (Fsp3) is 0.588. The number of carbonyl (C=O) groups excluding carboxylic acids is 1. The fourth-order valence-electron chi connectivity index (χ4n) is 2.18. The number of hydrogen-bond acceptors (Lipinski definition) is 3. The van der Waals surface area contributed by atoms with Gasteiger partial charge in [0.15, 0.2) is 0 Å². The fourth-order valence-corrected chi connectivity index (χ4v) is 2.18. The first-order chi connectivity index (χ1) is 9.97. The Morgan fingerprint density at radius 3 is 2.67 bits per heavy atom. The van der Waals surface area contributed by atoms with Gasteiger partial charge in [-0.15, -0.1) is 0 Å². The molecule has 0 bridgehead atoms. The molecule has 1 atom stereocenters. The summed E-state index contributed by atoms with van der Waals surface area (Å²) in [5.41, 5.74) is 8.37. The quantitative estimate of drug-likeness (QED) is 0.722. The first-order valence-corrected chi connectivity index (χ1v) is 7.87. The molecule has 0 aromatic heterocycles. The van der Waals surface area contributed by atoms with Crippen LogP contribution in [-0.2, 0) is 4.79 Å². The van der Waals surface area contributed by atoms with Crippen LogP contribution < -0.4 is 11.1 Å². The number of nitrogens with one attached hydrogen (secondary N) is 1. The van der Waals surface area contributed by atoms with Gasteiger partial charge in [-0.3, -0.25) is 9.69 Å². The van der Waals surface area contributed by atoms with Crippen LogP contribution >= 0.6 is 0 Å². The number of unbranched alkanes of at least 4 members (excludes halogenated alkanes) is 1. The van der Waals surface area contributed by atoms with Crippen molar-refractivity contribution in [2.45, 2.75) is 53.0 Å². The van der Waals surface area contributed by atoms with E-state index in [-0.39, 0.29) is 5.91 Å². The van der Waals surface area contributed by atoms with Crippen LogP contribution in [0.1, 0.15) is 45.6 Å². The summed E-state index contributed by atoms with van der Waals surface area (Å²) in [5, 5.41) is 2.94. The molecule has 3 N–H and O–H groups in total. The minimum atomic E-state index is 0.0228. The number of amides is 1. The number of anilines is 2. The number of aryl methyl sites for hydroxylation is 1. The highest BCUT2D eigenvalue weighted by atomic mass is 16.2. The third-order valence-corrected chi connectivity index (χ3v) is 3.92. The molecule has 21 heavy (non-hydrogen) atoms. The number of hydrogen-bond donors (Lipinski definition) is 2. The summed E-state index contributed by atoms with van der Waals surface area (Å²) in [6.45, 7) is 9.85. The number of nitrogens with zero attached hydrogens (tertiary/aromatic N) is 1. The molecule has 0 aliphatic heterocycles. The van der Waals surface area contributed by atoms with Crippen molar-refractivity contribution < 1.29 is 4.79 Å². The average Bonchev–Trinajstić information content (AvgIpc) is 2.46. The molecule has 0 aliphatic carbocycles. The van der Waals surface area contributed by atoms with Gasteiger partial charge in [-0.25, -0.2) is 0 Å². The molecule has 0 saturated carbocycles. The number of carbonyl (C=O) groups is 1. The second kappa shape index (κ2) is 8.67. The molecular weight excluding hydrogens is 262 g/mol. The molecule has 0 aliphatic rings. The smallest absolute Gasteiger partial charge is 0.238 e. The number of rotatable bonds is 8. The molecule has 1 unspecified atom stereocenters. The standard InChI is InChI=1S/C17H29N3O/c1-5-7-10-20(14(4)6-2)12-17(21)19-15-9-8-13(3)16(18)11-15/h8-9,11,14H,5-7,10,12,18H2,1-4H3,(H,19,21). The van der Waals surface area contributed by atoms with Crippen LogP contribution in [0, 0.1) is 6.92 Å². The van der Waals surface area contributed by atoms with E-state index in [0.29, 0.717) is 18.3 Å². The molecule has 0 radical (unpaired) electrons. The predicted octanol–water partition coefficient (Wildman–Crippen LogP) is 3.42. The molecule has 1 rings (SSSR count). The monoisotopic (exact) mass is 291 g/mol. The lowest BCUT2D eigenvalue weighted by atomic mass is 10.2. The largest absolute Gasteiger partial charge is 0.398 e. The zero-order valence-electron chi connectivity index (χ0n) is 13.8. The molecule has 118 valence electrons. The van der Waals surface area contributed by atoms with Crippen molar-refractivity contribution >= 4 is 17.3 Å². The highest BCUT2D eigenvalue weighted by Gasteiger charge is 2.15. The number of nitrogens with two attached hydrogens (primary N) is 1. The third kappa shape index (κ3) is 5.76. The van der Waals surface area contributed by atoms with Gasteiger partial charge in [-0.1, -0.05) is 26.3 Å². The normalized spacial score (nSPS) is 12.4. The zero-order chi connectivity index (χ0) is 15.8. The molecule has 1 amide bonds. The van der Waals surface area contributed by atoms with Crippen molar-refractivity contribution in [3.05, 3.63) is 23.8 Å². The van der Waals surface area contributed by atoms with E-state index in [9.17, 15) is 4.79 Å². The van der Waals surface area contributed by atoms with E-state index in [4.69, 9.17) is 5.73 Å². The summed E-state index contributed by atoms with van der Waals surface area (Å²) in [4.78, 5) is 14.5. The van der Waals surface area contributed by atoms with Gasteiger partial charge < -0.3 is 11.1 Å². The van der Waals surface area contributed by atoms with Crippen molar-refractivity contribution in [1.82, 2.24) is 4.90 Å². The Hall–Kier alpha value is -1.55. The van der Waals surface area contributed by atoms with Gasteiger partial charge in [0.05, 0.1) is 6.54 Å². The Morgan fingerprint density at radius 1 is 1.38 bits per heavy atom. The molecule has 4 heteroatoms. The van der Waals surface area contributed by atoms with E-state index in [1.807, 2.05) is 25.1 Å². The van der Waals surface area contributed by atoms with Gasteiger partial charge in [0.25, 0.3) is 0 Å². The zero-order valence-corrected chi connectivity index (χ0v) is 13.8. The van der Waals surface area contributed by atoms with E-state index >= 15 is 0 Å². The third-order valence-electron chi connectivity index (χ3n) is 3.92. The summed E-state index contributed by atoms with van der Waals surface area (Å²) in [6, 6.07) is 6.05. The Balaban J connectivity index is 2.62. The molecule has 0 spiro atoms. The summed E-state index contributed by atoms with van der Waals surface area (Å²) in [6.07, 6.45) is 3.31. The topological polar surface area (TPSA) is 58.4 Å². The van der Waals surface area contributed by atoms with E-state index in [1.165, 1.54) is 0 Å². The summed E-state index contributed by atoms with van der Waals surface area (Å²) < 4.78 is 0. The van der Waals surface area contributed by atoms with Crippen LogP contribution in [0.4, 0.5) is 11.4 Å². The molecule has 4 nitrogen and oxygen atoms in total. The predicted molar refractivity (Wildman–Crippen MR) is 90.5 cm³/mol. The van der Waals surface area contributed by atoms with Crippen LogP contribution in [0.15, 0.2) is 18.2 Å². The lowest BCUT2D eigenvalue weighted by molar-refractivity contribution is -0.117. The lowest BCUT2D eigenvalue weighted by Gasteiger charge is -2.27. The van der Waals surface area contributed by atoms with Gasteiger partial charge in [-0.05, 0) is 50.9 Å². The summed E-state index contributed by atoms with van der Waals surface area (Å²) >= 11 is 0. The minimum absolute atomic E-state index is 0.0228. The number of benzene rings is 1. The van der Waals surface area contributed by atoms with E-state index in [2.05, 4.69) is 31.0 Å². The maximum Gasteiger partial charge on any atom is 0.238 e. The van der Waals surface area contributed by atoms with Crippen molar-refractivity contribution in [2.75, 3.05) is 24.1 Å². The molecular formula is C17H29N3O. The first-order valence-electron chi connectivity index (χ1n) is 7.87. The second-order valence-corrected chi connectivity index (χ2v) is 5.70. The van der Waals surface area contributed by atoms with Gasteiger partial charge in [-0.2, -0.15) is 0 Å². The molecule has 1 aromatic carbocycles. The van der Waals surface area contributed by atoms with Gasteiger partial charge in [0.1, 0.15) is 0 Å². The molecule has 0 heterocycles. The summed E-state index contributed by atoms with van der Waals surface area (Å²) in [5.74, 6) is 0.0228. The van der Waals surface area contributed by atoms with Crippen LogP contribution in [0.5, 0.6) is 0 Å². The Bertz CT molecular complexity index is 459. The highest BCUT2D eigenvalue weighted by molar-refractivity contribution is 5.92. The van der Waals surface area contributed by atoms with Crippen LogP contribution in [0.2, 0.25) is 0 Å². The molecule has 1 aromatic rings. The Labute approximate surface area is 128 Å². The van der Waals surface area contributed by atoms with E-state index in [1.54, 1.807) is 0 Å². The van der Waals surface area contributed by atoms with E-state index < -0.39 is 0 Å². The van der Waals surface area contributed by atoms with Crippen molar-refractivity contribution in [3.8, 4) is 0 Å². The van der Waals surface area contributed by atoms with Gasteiger partial charge in [0.2, 0.25) is 5.91 Å². The first kappa shape index (κ1) is 17.5. The summed E-state index contributed by atoms with van der Waals surface area (Å²) in [7, 11) is 0. The van der Waals surface area contributed by atoms with E-state index in [0.717, 1.165) is 37.1 Å². The van der Waals surface area contributed by atoms with Crippen LogP contribution in [-0.4, -0.2) is 29.9 Å². The molecule has 0 fully saturated rings. The van der Waals surface area contributed by atoms with Crippen molar-refractivity contribution in [3.63, 3.8) is 0 Å². The van der Waals surface area contributed by atoms with Crippen LogP contribution in [0.3, 0.4) is 0 Å². The SMILES string of the molecule is CCCCN(CC(=O)Nc1ccc(C)c(N)c1)C(C)CC. The maximum absolute atomic E-state index is 12.2.